The first kappa shape index (κ1) is 22.5. The molecule has 1 aromatic heterocycles. The van der Waals surface area contributed by atoms with Gasteiger partial charge in [0.25, 0.3) is 0 Å². The van der Waals surface area contributed by atoms with E-state index in [2.05, 4.69) is 20.6 Å². The molecule has 0 unspecified atom stereocenters. The summed E-state index contributed by atoms with van der Waals surface area (Å²) in [4.78, 5) is 10.3. The molecule has 0 amide bonds. The number of aromatic nitrogens is 1. The molecule has 0 saturated carbocycles. The van der Waals surface area contributed by atoms with Crippen molar-refractivity contribution in [3.63, 3.8) is 0 Å². The van der Waals surface area contributed by atoms with Gasteiger partial charge in [0, 0.05) is 11.4 Å². The van der Waals surface area contributed by atoms with Crippen molar-refractivity contribution >= 4 is 41.3 Å². The number of nitrogens with zero attached hydrogens (tertiary/aromatic N) is 2. The number of ether oxygens (including phenoxy) is 2. The Bertz CT molecular complexity index is 689. The summed E-state index contributed by atoms with van der Waals surface area (Å²) in [7, 11) is 1.65. The van der Waals surface area contributed by atoms with E-state index in [0.29, 0.717) is 19.7 Å². The van der Waals surface area contributed by atoms with E-state index in [-0.39, 0.29) is 24.0 Å². The van der Waals surface area contributed by atoms with Crippen LogP contribution in [0, 0.1) is 13.8 Å². The van der Waals surface area contributed by atoms with E-state index in [4.69, 9.17) is 9.47 Å². The standard InChI is InChI=1S/C18H26N4O2S.HI/c1-5-19-18(21-12-17-13(2)22-14(3)25-17)20-10-11-24-16-8-6-15(23-4)7-9-16;/h6-9H,5,10-12H2,1-4H3,(H2,19,20,21);1H. The Kier molecular flexibility index (Phi) is 10.3. The molecule has 0 fully saturated rings. The van der Waals surface area contributed by atoms with Crippen LogP contribution in [-0.4, -0.2) is 37.7 Å². The Morgan fingerprint density at radius 3 is 2.42 bits per heavy atom. The number of methoxy groups -OCH3 is 1. The van der Waals surface area contributed by atoms with Gasteiger partial charge in [0.05, 0.1) is 30.9 Å². The summed E-state index contributed by atoms with van der Waals surface area (Å²) in [5.74, 6) is 2.42. The minimum absolute atomic E-state index is 0. The van der Waals surface area contributed by atoms with Crippen LogP contribution in [0.4, 0.5) is 0 Å². The van der Waals surface area contributed by atoms with Crippen LogP contribution < -0.4 is 20.1 Å². The van der Waals surface area contributed by atoms with Crippen LogP contribution in [-0.2, 0) is 6.54 Å². The quantitative estimate of drug-likeness (QED) is 0.257. The van der Waals surface area contributed by atoms with Crippen molar-refractivity contribution in [3.05, 3.63) is 39.8 Å². The molecular formula is C18H27IN4O2S. The zero-order chi connectivity index (χ0) is 18.1. The van der Waals surface area contributed by atoms with Crippen molar-refractivity contribution in [3.8, 4) is 11.5 Å². The molecule has 1 heterocycles. The third kappa shape index (κ3) is 7.36. The lowest BCUT2D eigenvalue weighted by Crippen LogP contribution is -2.39. The van der Waals surface area contributed by atoms with Crippen LogP contribution in [0.5, 0.6) is 11.5 Å². The van der Waals surface area contributed by atoms with Gasteiger partial charge in [0.1, 0.15) is 18.1 Å². The fourth-order valence-corrected chi connectivity index (χ4v) is 3.08. The molecule has 0 saturated heterocycles. The molecule has 26 heavy (non-hydrogen) atoms. The van der Waals surface area contributed by atoms with Gasteiger partial charge in [0.15, 0.2) is 5.96 Å². The molecule has 1 aromatic carbocycles. The maximum Gasteiger partial charge on any atom is 0.191 e. The average Bonchev–Trinajstić information content (AvgIpc) is 2.94. The second kappa shape index (κ2) is 11.9. The van der Waals surface area contributed by atoms with Gasteiger partial charge in [-0.25, -0.2) is 9.98 Å². The Labute approximate surface area is 176 Å². The van der Waals surface area contributed by atoms with Crippen molar-refractivity contribution < 1.29 is 9.47 Å². The van der Waals surface area contributed by atoms with Crippen LogP contribution in [0.3, 0.4) is 0 Å². The van der Waals surface area contributed by atoms with Gasteiger partial charge >= 0.3 is 0 Å². The highest BCUT2D eigenvalue weighted by Gasteiger charge is 2.05. The topological polar surface area (TPSA) is 67.8 Å². The predicted octanol–water partition coefficient (Wildman–Crippen LogP) is 3.52. The molecule has 0 aliphatic rings. The number of guanidine groups is 1. The van der Waals surface area contributed by atoms with Crippen molar-refractivity contribution in [1.29, 1.82) is 0 Å². The smallest absolute Gasteiger partial charge is 0.191 e. The Morgan fingerprint density at radius 2 is 1.85 bits per heavy atom. The van der Waals surface area contributed by atoms with Crippen LogP contribution in [0.2, 0.25) is 0 Å². The van der Waals surface area contributed by atoms with Crippen LogP contribution in [0.1, 0.15) is 22.5 Å². The molecule has 0 aliphatic carbocycles. The molecule has 2 rings (SSSR count). The van der Waals surface area contributed by atoms with Crippen LogP contribution >= 0.6 is 35.3 Å². The second-order valence-corrected chi connectivity index (χ2v) is 6.68. The zero-order valence-corrected chi connectivity index (χ0v) is 18.8. The van der Waals surface area contributed by atoms with Crippen molar-refractivity contribution in [1.82, 2.24) is 15.6 Å². The van der Waals surface area contributed by atoms with Gasteiger partial charge < -0.3 is 20.1 Å². The molecule has 0 aliphatic heterocycles. The maximum absolute atomic E-state index is 5.71. The summed E-state index contributed by atoms with van der Waals surface area (Å²) in [5.41, 5.74) is 1.06. The molecule has 0 radical (unpaired) electrons. The number of thiazole rings is 1. The van der Waals surface area contributed by atoms with E-state index < -0.39 is 0 Å². The Hall–Kier alpha value is -1.55. The Balaban J connectivity index is 0.00000338. The first-order chi connectivity index (χ1) is 12.1. The van der Waals surface area contributed by atoms with E-state index in [1.807, 2.05) is 45.0 Å². The van der Waals surface area contributed by atoms with E-state index in [9.17, 15) is 0 Å². The summed E-state index contributed by atoms with van der Waals surface area (Å²) in [6.45, 7) is 8.75. The number of rotatable bonds is 8. The molecule has 0 spiro atoms. The van der Waals surface area contributed by atoms with Gasteiger partial charge in [-0.3, -0.25) is 0 Å². The first-order valence-corrected chi connectivity index (χ1v) is 9.16. The number of hydrogen-bond donors (Lipinski definition) is 2. The normalized spacial score (nSPS) is 10.8. The number of aliphatic imine (C=N–C) groups is 1. The number of aryl methyl sites for hydroxylation is 2. The largest absolute Gasteiger partial charge is 0.497 e. The predicted molar refractivity (Wildman–Crippen MR) is 118 cm³/mol. The molecule has 6 nitrogen and oxygen atoms in total. The molecule has 0 bridgehead atoms. The van der Waals surface area contributed by atoms with Gasteiger partial charge in [-0.2, -0.15) is 0 Å². The highest BCUT2D eigenvalue weighted by Crippen LogP contribution is 2.18. The summed E-state index contributed by atoms with van der Waals surface area (Å²) in [5, 5.41) is 7.60. The lowest BCUT2D eigenvalue weighted by molar-refractivity contribution is 0.321. The molecule has 2 N–H and O–H groups in total. The highest BCUT2D eigenvalue weighted by molar-refractivity contribution is 14.0. The molecule has 144 valence electrons. The Morgan fingerprint density at radius 1 is 1.15 bits per heavy atom. The average molecular weight is 490 g/mol. The minimum atomic E-state index is 0. The number of benzene rings is 1. The zero-order valence-electron chi connectivity index (χ0n) is 15.7. The molecule has 8 heteroatoms. The lowest BCUT2D eigenvalue weighted by atomic mass is 10.3. The van der Waals surface area contributed by atoms with Gasteiger partial charge in [0.2, 0.25) is 0 Å². The van der Waals surface area contributed by atoms with E-state index in [0.717, 1.165) is 34.7 Å². The third-order valence-electron chi connectivity index (χ3n) is 3.45. The summed E-state index contributed by atoms with van der Waals surface area (Å²) < 4.78 is 10.8. The van der Waals surface area contributed by atoms with Crippen molar-refractivity contribution in [2.75, 3.05) is 26.8 Å². The van der Waals surface area contributed by atoms with Crippen molar-refractivity contribution in [2.24, 2.45) is 4.99 Å². The van der Waals surface area contributed by atoms with Gasteiger partial charge in [-0.1, -0.05) is 0 Å². The van der Waals surface area contributed by atoms with Crippen molar-refractivity contribution in [2.45, 2.75) is 27.3 Å². The summed E-state index contributed by atoms with van der Waals surface area (Å²) >= 11 is 1.69. The molecule has 0 atom stereocenters. The second-order valence-electron chi connectivity index (χ2n) is 5.39. The van der Waals surface area contributed by atoms with Crippen LogP contribution in [0.15, 0.2) is 29.3 Å². The summed E-state index contributed by atoms with van der Waals surface area (Å²) in [6, 6.07) is 7.56. The highest BCUT2D eigenvalue weighted by atomic mass is 127. The molecular weight excluding hydrogens is 463 g/mol. The monoisotopic (exact) mass is 490 g/mol. The molecule has 2 aromatic rings. The first-order valence-electron chi connectivity index (χ1n) is 8.34. The SMILES string of the molecule is CCNC(=NCc1sc(C)nc1C)NCCOc1ccc(OC)cc1.I. The van der Waals surface area contributed by atoms with Gasteiger partial charge in [-0.15, -0.1) is 35.3 Å². The lowest BCUT2D eigenvalue weighted by Gasteiger charge is -2.12. The van der Waals surface area contributed by atoms with Gasteiger partial charge in [-0.05, 0) is 45.0 Å². The number of hydrogen-bond acceptors (Lipinski definition) is 5. The fraction of sp³-hybridized carbons (Fsp3) is 0.444. The van der Waals surface area contributed by atoms with E-state index in [1.165, 1.54) is 4.88 Å². The minimum Gasteiger partial charge on any atom is -0.497 e. The number of nitrogens with one attached hydrogen (secondary N) is 2. The van der Waals surface area contributed by atoms with Crippen LogP contribution in [0.25, 0.3) is 0 Å². The third-order valence-corrected chi connectivity index (χ3v) is 4.50. The fourth-order valence-electron chi connectivity index (χ4n) is 2.22. The number of halogens is 1. The maximum atomic E-state index is 5.71. The van der Waals surface area contributed by atoms with E-state index >= 15 is 0 Å². The summed E-state index contributed by atoms with van der Waals surface area (Å²) in [6.07, 6.45) is 0. The van der Waals surface area contributed by atoms with E-state index in [1.54, 1.807) is 18.4 Å².